The summed E-state index contributed by atoms with van der Waals surface area (Å²) in [7, 11) is 0. The van der Waals surface area contributed by atoms with E-state index >= 15 is 0 Å². The van der Waals surface area contributed by atoms with E-state index in [2.05, 4.69) is 19.9 Å². The molecular weight excluding hydrogens is 358 g/mol. The van der Waals surface area contributed by atoms with Crippen LogP contribution in [-0.4, -0.2) is 42.8 Å². The lowest BCUT2D eigenvalue weighted by Gasteiger charge is -2.21. The average Bonchev–Trinajstić information content (AvgIpc) is 3.01. The zero-order chi connectivity index (χ0) is 19.7. The summed E-state index contributed by atoms with van der Waals surface area (Å²) >= 11 is 0. The van der Waals surface area contributed by atoms with Gasteiger partial charge in [0.1, 0.15) is 5.60 Å². The van der Waals surface area contributed by atoms with Gasteiger partial charge in [0.2, 0.25) is 0 Å². The van der Waals surface area contributed by atoms with Crippen LogP contribution in [0.25, 0.3) is 22.6 Å². The first-order chi connectivity index (χ1) is 13.4. The summed E-state index contributed by atoms with van der Waals surface area (Å²) in [6, 6.07) is 3.63. The first-order valence-electron chi connectivity index (χ1n) is 9.64. The van der Waals surface area contributed by atoms with E-state index in [9.17, 15) is 9.90 Å². The molecule has 148 valence electrons. The molecular formula is C20H25N5O3. The summed E-state index contributed by atoms with van der Waals surface area (Å²) in [6.07, 6.45) is 6.28. The molecule has 0 aromatic carbocycles. The molecule has 0 radical (unpaired) electrons. The molecule has 8 heteroatoms. The van der Waals surface area contributed by atoms with E-state index < -0.39 is 5.60 Å². The van der Waals surface area contributed by atoms with Crippen LogP contribution in [0.2, 0.25) is 0 Å². The van der Waals surface area contributed by atoms with Crippen molar-refractivity contribution in [3.05, 3.63) is 40.7 Å². The third-order valence-electron chi connectivity index (χ3n) is 5.27. The molecule has 1 saturated heterocycles. The van der Waals surface area contributed by atoms with Crippen LogP contribution in [0.3, 0.4) is 0 Å². The highest BCUT2D eigenvalue weighted by Gasteiger charge is 2.19. The summed E-state index contributed by atoms with van der Waals surface area (Å²) in [5.74, 6) is 0.570. The molecule has 3 aromatic heterocycles. The van der Waals surface area contributed by atoms with E-state index in [1.165, 1.54) is 0 Å². The zero-order valence-electron chi connectivity index (χ0n) is 16.2. The molecule has 8 nitrogen and oxygen atoms in total. The van der Waals surface area contributed by atoms with E-state index in [-0.39, 0.29) is 5.69 Å². The van der Waals surface area contributed by atoms with E-state index in [4.69, 9.17) is 4.74 Å². The first-order valence-corrected chi connectivity index (χ1v) is 9.64. The van der Waals surface area contributed by atoms with Crippen LogP contribution in [0, 0.1) is 5.92 Å². The Hall–Kier alpha value is -2.58. The lowest BCUT2D eigenvalue weighted by atomic mass is 9.97. The molecule has 0 spiro atoms. The first kappa shape index (κ1) is 18.8. The summed E-state index contributed by atoms with van der Waals surface area (Å²) in [4.78, 5) is 28.5. The maximum Gasteiger partial charge on any atom is 0.328 e. The molecule has 2 N–H and O–H groups in total. The number of aromatic nitrogens is 5. The van der Waals surface area contributed by atoms with E-state index in [0.29, 0.717) is 35.1 Å². The number of hydrogen-bond donors (Lipinski definition) is 2. The Morgan fingerprint density at radius 2 is 2.04 bits per heavy atom. The summed E-state index contributed by atoms with van der Waals surface area (Å²) in [5.41, 5.74) is 1.87. The highest BCUT2D eigenvalue weighted by Crippen LogP contribution is 2.23. The van der Waals surface area contributed by atoms with Crippen LogP contribution in [0.4, 0.5) is 0 Å². The number of nitrogens with one attached hydrogen (secondary N) is 1. The Morgan fingerprint density at radius 3 is 2.71 bits per heavy atom. The second-order valence-electron chi connectivity index (χ2n) is 7.84. The van der Waals surface area contributed by atoms with Crippen molar-refractivity contribution in [3.8, 4) is 11.3 Å². The molecule has 4 heterocycles. The molecule has 1 fully saturated rings. The fraction of sp³-hybridized carbons (Fsp3) is 0.500. The number of imidazole rings is 1. The molecule has 0 amide bonds. The second kappa shape index (κ2) is 7.44. The van der Waals surface area contributed by atoms with Gasteiger partial charge in [-0.05, 0) is 51.2 Å². The Labute approximate surface area is 162 Å². The predicted molar refractivity (Wildman–Crippen MR) is 105 cm³/mol. The fourth-order valence-corrected chi connectivity index (χ4v) is 3.52. The number of nitrogens with zero attached hydrogens (tertiary/aromatic N) is 4. The van der Waals surface area contributed by atoms with Gasteiger partial charge in [-0.3, -0.25) is 14.5 Å². The number of hydrogen-bond acceptors (Lipinski definition) is 6. The molecule has 4 rings (SSSR count). The van der Waals surface area contributed by atoms with Crippen LogP contribution in [-0.2, 0) is 16.9 Å². The van der Waals surface area contributed by atoms with Gasteiger partial charge in [0.25, 0.3) is 0 Å². The van der Waals surface area contributed by atoms with Crippen molar-refractivity contribution in [2.75, 3.05) is 13.2 Å². The lowest BCUT2D eigenvalue weighted by molar-refractivity contribution is 0.0626. The van der Waals surface area contributed by atoms with Gasteiger partial charge in [-0.2, -0.15) is 0 Å². The Morgan fingerprint density at radius 1 is 1.25 bits per heavy atom. The highest BCUT2D eigenvalue weighted by molar-refractivity contribution is 5.70. The molecule has 0 saturated carbocycles. The average molecular weight is 383 g/mol. The van der Waals surface area contributed by atoms with Gasteiger partial charge in [0.05, 0.1) is 17.6 Å². The number of aromatic amines is 1. The van der Waals surface area contributed by atoms with Gasteiger partial charge in [-0.15, -0.1) is 0 Å². The minimum absolute atomic E-state index is 0.185. The van der Waals surface area contributed by atoms with Crippen LogP contribution in [0.1, 0.15) is 38.8 Å². The van der Waals surface area contributed by atoms with E-state index in [1.807, 2.05) is 6.07 Å². The number of rotatable bonds is 5. The van der Waals surface area contributed by atoms with Crippen molar-refractivity contribution in [2.45, 2.75) is 45.3 Å². The number of aryl methyl sites for hydroxylation is 1. The van der Waals surface area contributed by atoms with Crippen molar-refractivity contribution in [1.29, 1.82) is 0 Å². The maximum atomic E-state index is 12.4. The van der Waals surface area contributed by atoms with Crippen molar-refractivity contribution >= 4 is 11.3 Å². The standard InChI is InChI=1S/C20H25N5O3/c1-20(2,27)16-4-3-14(11-21-16)15-12-22-17-18(23-15)25(19(26)24-17)8-5-13-6-9-28-10-7-13/h3-4,11-13,27H,5-10H2,1-2H3,(H,22,24,26). The highest BCUT2D eigenvalue weighted by atomic mass is 16.5. The Balaban J connectivity index is 1.61. The van der Waals surface area contributed by atoms with Crippen molar-refractivity contribution < 1.29 is 9.84 Å². The Bertz CT molecular complexity index is 1010. The van der Waals surface area contributed by atoms with Crippen molar-refractivity contribution in [3.63, 3.8) is 0 Å². The molecule has 1 aliphatic heterocycles. The SMILES string of the molecule is CC(C)(O)c1ccc(-c2cnc3[nH]c(=O)n(CCC4CCOCC4)c3n2)cn1. The summed E-state index contributed by atoms with van der Waals surface area (Å²) in [6.45, 7) is 5.59. The number of fused-ring (bicyclic) bond motifs is 1. The zero-order valence-corrected chi connectivity index (χ0v) is 16.2. The Kier molecular flexibility index (Phi) is 4.99. The van der Waals surface area contributed by atoms with Gasteiger partial charge in [-0.1, -0.05) is 0 Å². The van der Waals surface area contributed by atoms with Crippen molar-refractivity contribution in [1.82, 2.24) is 24.5 Å². The van der Waals surface area contributed by atoms with Crippen LogP contribution in [0.5, 0.6) is 0 Å². The number of ether oxygens (including phenoxy) is 1. The van der Waals surface area contributed by atoms with Gasteiger partial charge in [0.15, 0.2) is 11.3 Å². The molecule has 0 unspecified atom stereocenters. The molecule has 1 aliphatic rings. The smallest absolute Gasteiger partial charge is 0.328 e. The van der Waals surface area contributed by atoms with Gasteiger partial charge >= 0.3 is 5.69 Å². The molecule has 0 atom stereocenters. The second-order valence-corrected chi connectivity index (χ2v) is 7.84. The van der Waals surface area contributed by atoms with Crippen molar-refractivity contribution in [2.24, 2.45) is 5.92 Å². The largest absolute Gasteiger partial charge is 0.384 e. The van der Waals surface area contributed by atoms with Crippen LogP contribution >= 0.6 is 0 Å². The van der Waals surface area contributed by atoms with E-state index in [1.54, 1.807) is 36.9 Å². The topological polar surface area (TPSA) is 106 Å². The summed E-state index contributed by atoms with van der Waals surface area (Å²) in [5, 5.41) is 10.1. The number of pyridine rings is 1. The fourth-order valence-electron chi connectivity index (χ4n) is 3.52. The molecule has 28 heavy (non-hydrogen) atoms. The maximum absolute atomic E-state index is 12.4. The third kappa shape index (κ3) is 3.83. The third-order valence-corrected chi connectivity index (χ3v) is 5.27. The molecule has 3 aromatic rings. The lowest BCUT2D eigenvalue weighted by Crippen LogP contribution is -2.22. The molecule has 0 bridgehead atoms. The minimum Gasteiger partial charge on any atom is -0.384 e. The minimum atomic E-state index is -1.00. The number of H-pyrrole nitrogens is 1. The normalized spacial score (nSPS) is 16.0. The van der Waals surface area contributed by atoms with Gasteiger partial charge in [0, 0.05) is 31.5 Å². The quantitative estimate of drug-likeness (QED) is 0.700. The van der Waals surface area contributed by atoms with Gasteiger partial charge < -0.3 is 9.84 Å². The number of aliphatic hydroxyl groups is 1. The van der Waals surface area contributed by atoms with Gasteiger partial charge in [-0.25, -0.2) is 14.8 Å². The predicted octanol–water partition coefficient (Wildman–Crippen LogP) is 2.23. The molecule has 0 aliphatic carbocycles. The summed E-state index contributed by atoms with van der Waals surface area (Å²) < 4.78 is 7.07. The van der Waals surface area contributed by atoms with E-state index in [0.717, 1.165) is 38.0 Å². The monoisotopic (exact) mass is 383 g/mol. The van der Waals surface area contributed by atoms with Crippen LogP contribution in [0.15, 0.2) is 29.3 Å². The van der Waals surface area contributed by atoms with Crippen LogP contribution < -0.4 is 5.69 Å².